The third kappa shape index (κ3) is 5.75. The van der Waals surface area contributed by atoms with Crippen molar-refractivity contribution in [2.75, 3.05) is 13.2 Å². The maximum absolute atomic E-state index is 12.3. The van der Waals surface area contributed by atoms with Crippen molar-refractivity contribution in [1.82, 2.24) is 0 Å². The molecule has 5 unspecified atom stereocenters. The first-order valence-corrected chi connectivity index (χ1v) is 8.01. The molecule has 0 amide bonds. The van der Waals surface area contributed by atoms with E-state index in [1.165, 1.54) is 0 Å². The Balaban J connectivity index is 2.60. The number of carbonyl (C=O) groups is 2. The van der Waals surface area contributed by atoms with Crippen LogP contribution in [-0.2, 0) is 23.8 Å². The zero-order valence-corrected chi connectivity index (χ0v) is 14.2. The molecule has 1 heterocycles. The van der Waals surface area contributed by atoms with Gasteiger partial charge in [-0.05, 0) is 18.3 Å². The first kappa shape index (κ1) is 19.9. The molecular weight excluding hydrogens is 304 g/mol. The van der Waals surface area contributed by atoms with E-state index in [1.807, 2.05) is 27.7 Å². The summed E-state index contributed by atoms with van der Waals surface area (Å²) in [6, 6.07) is 0. The van der Waals surface area contributed by atoms with Crippen molar-refractivity contribution < 1.29 is 34.0 Å². The van der Waals surface area contributed by atoms with Crippen LogP contribution in [0.25, 0.3) is 0 Å². The van der Waals surface area contributed by atoms with Crippen molar-refractivity contribution >= 4 is 12.4 Å². The Morgan fingerprint density at radius 1 is 1.35 bits per heavy atom. The Morgan fingerprint density at radius 2 is 2.00 bits per heavy atom. The molecule has 1 rings (SSSR count). The Hall–Kier alpha value is -1.18. The Labute approximate surface area is 136 Å². The summed E-state index contributed by atoms with van der Waals surface area (Å²) in [5, 5.41) is 20.0. The molecule has 0 aliphatic carbocycles. The molecule has 5 atom stereocenters. The second-order valence-electron chi connectivity index (χ2n) is 6.74. The maximum atomic E-state index is 12.3. The molecule has 7 nitrogen and oxygen atoms in total. The van der Waals surface area contributed by atoms with Gasteiger partial charge >= 0.3 is 5.97 Å². The van der Waals surface area contributed by atoms with E-state index in [0.29, 0.717) is 12.3 Å². The highest BCUT2D eigenvalue weighted by molar-refractivity contribution is 5.73. The highest BCUT2D eigenvalue weighted by Crippen LogP contribution is 2.26. The molecule has 1 fully saturated rings. The molecule has 0 bridgehead atoms. The number of esters is 1. The average Bonchev–Trinajstić information content (AvgIpc) is 2.83. The van der Waals surface area contributed by atoms with Gasteiger partial charge in [-0.15, -0.1) is 0 Å². The molecule has 1 aliphatic heterocycles. The highest BCUT2D eigenvalue weighted by Gasteiger charge is 2.43. The molecule has 0 spiro atoms. The van der Waals surface area contributed by atoms with Crippen molar-refractivity contribution in [2.24, 2.45) is 17.8 Å². The van der Waals surface area contributed by atoms with Gasteiger partial charge in [-0.2, -0.15) is 0 Å². The predicted molar refractivity (Wildman–Crippen MR) is 81.4 cm³/mol. The standard InChI is InChI=1S/C16H28O7/c1-9(2)5-11(10(3)4)16(20)23-13-7-22-15(14(13)19)12(18)6-21-8-17/h8-15,18-19H,5-7H2,1-4H3. The van der Waals surface area contributed by atoms with Gasteiger partial charge in [0.1, 0.15) is 24.9 Å². The monoisotopic (exact) mass is 332 g/mol. The van der Waals surface area contributed by atoms with E-state index >= 15 is 0 Å². The van der Waals surface area contributed by atoms with Crippen LogP contribution in [0.15, 0.2) is 0 Å². The quantitative estimate of drug-likeness (QED) is 0.468. The molecule has 0 aromatic carbocycles. The van der Waals surface area contributed by atoms with Gasteiger partial charge in [0, 0.05) is 0 Å². The molecule has 0 saturated carbocycles. The van der Waals surface area contributed by atoms with Crippen LogP contribution in [0, 0.1) is 17.8 Å². The van der Waals surface area contributed by atoms with Crippen molar-refractivity contribution in [3.63, 3.8) is 0 Å². The Kier molecular flexibility index (Phi) is 7.94. The molecule has 2 N–H and O–H groups in total. The van der Waals surface area contributed by atoms with Crippen molar-refractivity contribution in [1.29, 1.82) is 0 Å². The average molecular weight is 332 g/mol. The van der Waals surface area contributed by atoms with Crippen molar-refractivity contribution in [3.05, 3.63) is 0 Å². The summed E-state index contributed by atoms with van der Waals surface area (Å²) in [7, 11) is 0. The van der Waals surface area contributed by atoms with Crippen molar-refractivity contribution in [3.8, 4) is 0 Å². The minimum atomic E-state index is -1.17. The molecule has 1 saturated heterocycles. The van der Waals surface area contributed by atoms with Crippen LogP contribution in [0.5, 0.6) is 0 Å². The highest BCUT2D eigenvalue weighted by atomic mass is 16.6. The third-order valence-electron chi connectivity index (χ3n) is 3.99. The van der Waals surface area contributed by atoms with E-state index in [4.69, 9.17) is 9.47 Å². The van der Waals surface area contributed by atoms with E-state index in [9.17, 15) is 19.8 Å². The fourth-order valence-electron chi connectivity index (χ4n) is 2.67. The molecule has 0 aromatic heterocycles. The second kappa shape index (κ2) is 9.20. The molecule has 1 aliphatic rings. The number of hydrogen-bond acceptors (Lipinski definition) is 7. The van der Waals surface area contributed by atoms with Crippen LogP contribution in [-0.4, -0.2) is 60.3 Å². The van der Waals surface area contributed by atoms with Gasteiger partial charge in [-0.25, -0.2) is 0 Å². The summed E-state index contributed by atoms with van der Waals surface area (Å²) < 4.78 is 15.1. The van der Waals surface area contributed by atoms with Crippen LogP contribution in [0.2, 0.25) is 0 Å². The summed E-state index contributed by atoms with van der Waals surface area (Å²) in [6.45, 7) is 7.92. The van der Waals surface area contributed by atoms with E-state index in [-0.39, 0.29) is 37.5 Å². The molecule has 23 heavy (non-hydrogen) atoms. The van der Waals surface area contributed by atoms with Gasteiger partial charge in [-0.1, -0.05) is 27.7 Å². The first-order valence-electron chi connectivity index (χ1n) is 8.01. The van der Waals surface area contributed by atoms with E-state index < -0.39 is 24.4 Å². The van der Waals surface area contributed by atoms with E-state index in [0.717, 1.165) is 0 Å². The fourth-order valence-corrected chi connectivity index (χ4v) is 2.67. The molecule has 134 valence electrons. The summed E-state index contributed by atoms with van der Waals surface area (Å²) in [6.07, 6.45) is -3.40. The number of carbonyl (C=O) groups excluding carboxylic acids is 2. The SMILES string of the molecule is CC(C)CC(C(=O)OC1COC(C(O)COC=O)C1O)C(C)C. The van der Waals surface area contributed by atoms with Gasteiger partial charge in [0.25, 0.3) is 6.47 Å². The van der Waals surface area contributed by atoms with E-state index in [1.54, 1.807) is 0 Å². The van der Waals surface area contributed by atoms with Gasteiger partial charge in [0.15, 0.2) is 6.10 Å². The number of aliphatic hydroxyl groups excluding tert-OH is 2. The second-order valence-corrected chi connectivity index (χ2v) is 6.74. The lowest BCUT2D eigenvalue weighted by Crippen LogP contribution is -2.42. The zero-order chi connectivity index (χ0) is 17.6. The number of aliphatic hydroxyl groups is 2. The Morgan fingerprint density at radius 3 is 2.52 bits per heavy atom. The van der Waals surface area contributed by atoms with Gasteiger partial charge < -0.3 is 24.4 Å². The van der Waals surface area contributed by atoms with Crippen molar-refractivity contribution in [2.45, 2.75) is 58.5 Å². The predicted octanol–water partition coefficient (Wildman–Crippen LogP) is 0.510. The minimum absolute atomic E-state index is 0.00220. The lowest BCUT2D eigenvalue weighted by atomic mass is 9.87. The summed E-state index contributed by atoms with van der Waals surface area (Å²) in [4.78, 5) is 22.5. The van der Waals surface area contributed by atoms with Crippen LogP contribution < -0.4 is 0 Å². The van der Waals surface area contributed by atoms with Crippen LogP contribution in [0.1, 0.15) is 34.1 Å². The van der Waals surface area contributed by atoms with Gasteiger partial charge in [-0.3, -0.25) is 9.59 Å². The minimum Gasteiger partial charge on any atom is -0.465 e. The normalized spacial score (nSPS) is 27.0. The van der Waals surface area contributed by atoms with Gasteiger partial charge in [0.05, 0.1) is 12.5 Å². The summed E-state index contributed by atoms with van der Waals surface area (Å²) in [5.41, 5.74) is 0. The van der Waals surface area contributed by atoms with Crippen LogP contribution in [0.4, 0.5) is 0 Å². The third-order valence-corrected chi connectivity index (χ3v) is 3.99. The van der Waals surface area contributed by atoms with E-state index in [2.05, 4.69) is 4.74 Å². The largest absolute Gasteiger partial charge is 0.465 e. The molecule has 0 radical (unpaired) electrons. The zero-order valence-electron chi connectivity index (χ0n) is 14.2. The maximum Gasteiger partial charge on any atom is 0.309 e. The fraction of sp³-hybridized carbons (Fsp3) is 0.875. The topological polar surface area (TPSA) is 102 Å². The summed E-state index contributed by atoms with van der Waals surface area (Å²) in [5.74, 6) is -0.119. The van der Waals surface area contributed by atoms with Crippen LogP contribution in [0.3, 0.4) is 0 Å². The number of ether oxygens (including phenoxy) is 3. The molecular formula is C16H28O7. The lowest BCUT2D eigenvalue weighted by Gasteiger charge is -2.25. The summed E-state index contributed by atoms with van der Waals surface area (Å²) >= 11 is 0. The number of rotatable bonds is 9. The van der Waals surface area contributed by atoms with Crippen LogP contribution >= 0.6 is 0 Å². The first-order chi connectivity index (χ1) is 10.8. The smallest absolute Gasteiger partial charge is 0.309 e. The number of hydrogen-bond donors (Lipinski definition) is 2. The van der Waals surface area contributed by atoms with Gasteiger partial charge in [0.2, 0.25) is 0 Å². The molecule has 7 heteroatoms. The molecule has 0 aromatic rings. The lowest BCUT2D eigenvalue weighted by molar-refractivity contribution is -0.160. The Bertz CT molecular complexity index is 383.